The maximum atomic E-state index is 13.3. The summed E-state index contributed by atoms with van der Waals surface area (Å²) in [4.78, 5) is 27.3. The molecule has 0 aliphatic carbocycles. The van der Waals surface area contributed by atoms with E-state index in [2.05, 4.69) is 32.0 Å². The number of benzene rings is 2. The summed E-state index contributed by atoms with van der Waals surface area (Å²) in [5, 5.41) is 13.2. The normalized spacial score (nSPS) is 14.2. The first-order chi connectivity index (χ1) is 17.3. The van der Waals surface area contributed by atoms with E-state index in [1.165, 1.54) is 0 Å². The van der Waals surface area contributed by atoms with Gasteiger partial charge in [0.15, 0.2) is 6.61 Å². The number of nitrogens with one attached hydrogen (secondary N) is 3. The van der Waals surface area contributed by atoms with Crippen LogP contribution in [0.15, 0.2) is 48.8 Å². The van der Waals surface area contributed by atoms with Crippen molar-refractivity contribution >= 4 is 17.5 Å². The molecule has 36 heavy (non-hydrogen) atoms. The number of anilines is 1. The van der Waals surface area contributed by atoms with Gasteiger partial charge in [0.25, 0.3) is 11.8 Å². The van der Waals surface area contributed by atoms with Crippen molar-refractivity contribution in [3.8, 4) is 16.9 Å². The first-order valence-corrected chi connectivity index (χ1v) is 12.1. The molecule has 2 amide bonds. The van der Waals surface area contributed by atoms with Gasteiger partial charge in [-0.15, -0.1) is 0 Å². The van der Waals surface area contributed by atoms with E-state index >= 15 is 0 Å². The maximum absolute atomic E-state index is 13.3. The van der Waals surface area contributed by atoms with E-state index in [1.54, 1.807) is 17.9 Å². The number of hydrogen-bond acceptors (Lipinski definition) is 6. The van der Waals surface area contributed by atoms with Gasteiger partial charge < -0.3 is 25.6 Å². The van der Waals surface area contributed by atoms with Crippen LogP contribution < -0.4 is 25.6 Å². The Morgan fingerprint density at radius 2 is 1.92 bits per heavy atom. The summed E-state index contributed by atoms with van der Waals surface area (Å²) in [7, 11) is 5.39. The summed E-state index contributed by atoms with van der Waals surface area (Å²) in [6, 6.07) is 12.0. The number of aromatic nitrogens is 2. The summed E-state index contributed by atoms with van der Waals surface area (Å²) < 4.78 is 7.47. The Labute approximate surface area is 211 Å². The van der Waals surface area contributed by atoms with Gasteiger partial charge in [-0.2, -0.15) is 5.10 Å². The third-order valence-corrected chi connectivity index (χ3v) is 6.58. The molecule has 9 nitrogen and oxygen atoms in total. The highest BCUT2D eigenvalue weighted by Gasteiger charge is 2.26. The third kappa shape index (κ3) is 5.68. The second kappa shape index (κ2) is 10.8. The summed E-state index contributed by atoms with van der Waals surface area (Å²) in [5.41, 5.74) is 5.31. The van der Waals surface area contributed by atoms with Crippen molar-refractivity contribution < 1.29 is 14.3 Å². The lowest BCUT2D eigenvalue weighted by Gasteiger charge is -2.41. The van der Waals surface area contributed by atoms with E-state index in [-0.39, 0.29) is 24.5 Å². The number of aryl methyl sites for hydroxylation is 2. The summed E-state index contributed by atoms with van der Waals surface area (Å²) >= 11 is 0. The lowest BCUT2D eigenvalue weighted by atomic mass is 10.00. The van der Waals surface area contributed by atoms with E-state index in [1.807, 2.05) is 64.5 Å². The molecule has 0 bridgehead atoms. The molecular formula is C27H34N6O3. The zero-order valence-electron chi connectivity index (χ0n) is 21.5. The molecule has 1 aliphatic heterocycles. The molecule has 1 fully saturated rings. The van der Waals surface area contributed by atoms with E-state index in [9.17, 15) is 9.59 Å². The highest BCUT2D eigenvalue weighted by molar-refractivity contribution is 5.97. The molecule has 4 rings (SSSR count). The highest BCUT2D eigenvalue weighted by Crippen LogP contribution is 2.30. The van der Waals surface area contributed by atoms with Crippen LogP contribution in [-0.4, -0.2) is 61.4 Å². The number of rotatable bonds is 9. The first-order valence-electron chi connectivity index (χ1n) is 12.1. The zero-order valence-corrected chi connectivity index (χ0v) is 21.5. The highest BCUT2D eigenvalue weighted by atomic mass is 16.5. The van der Waals surface area contributed by atoms with Gasteiger partial charge in [-0.1, -0.05) is 6.07 Å². The topological polar surface area (TPSA) is 101 Å². The second-order valence-electron chi connectivity index (χ2n) is 9.24. The number of nitrogens with zero attached hydrogens (tertiary/aromatic N) is 3. The first kappa shape index (κ1) is 25.2. The van der Waals surface area contributed by atoms with Crippen LogP contribution in [0, 0.1) is 6.92 Å². The number of amides is 2. The average molecular weight is 491 g/mol. The van der Waals surface area contributed by atoms with Gasteiger partial charge in [-0.25, -0.2) is 0 Å². The Hall–Kier alpha value is -3.85. The molecule has 3 N–H and O–H groups in total. The van der Waals surface area contributed by atoms with E-state index < -0.39 is 0 Å². The maximum Gasteiger partial charge on any atom is 0.257 e. The van der Waals surface area contributed by atoms with E-state index in [4.69, 9.17) is 4.74 Å². The molecule has 1 saturated heterocycles. The molecule has 9 heteroatoms. The van der Waals surface area contributed by atoms with Crippen LogP contribution in [0.25, 0.3) is 11.1 Å². The molecule has 0 spiro atoms. The monoisotopic (exact) mass is 490 g/mol. The predicted octanol–water partition coefficient (Wildman–Crippen LogP) is 2.42. The lowest BCUT2D eigenvalue weighted by Crippen LogP contribution is -2.57. The molecule has 0 radical (unpaired) electrons. The molecule has 2 aromatic carbocycles. The molecular weight excluding hydrogens is 456 g/mol. The molecule has 2 heterocycles. The third-order valence-electron chi connectivity index (χ3n) is 6.58. The Balaban J connectivity index is 1.55. The Kier molecular flexibility index (Phi) is 7.59. The van der Waals surface area contributed by atoms with Crippen molar-refractivity contribution in [1.82, 2.24) is 25.7 Å². The zero-order chi connectivity index (χ0) is 25.8. The lowest BCUT2D eigenvalue weighted by molar-refractivity contribution is -0.122. The average Bonchev–Trinajstić information content (AvgIpc) is 3.28. The van der Waals surface area contributed by atoms with Gasteiger partial charge in [-0.05, 0) is 67.9 Å². The van der Waals surface area contributed by atoms with Crippen LogP contribution in [0.2, 0.25) is 0 Å². The standard InChI is InChI=1S/C27H34N6O3/c1-17-6-7-23(33-14-22(15-33)28-3)11-25(17)27(35)31-18(2)19-8-20(21-12-30-32(5)13-21)10-24(9-19)36-16-26(34)29-4/h6-13,18,22,28H,14-16H2,1-5H3,(H,29,34)(H,31,35)/t18-/m1/s1. The van der Waals surface area contributed by atoms with Crippen LogP contribution in [-0.2, 0) is 11.8 Å². The molecule has 0 saturated carbocycles. The predicted molar refractivity (Wildman–Crippen MR) is 140 cm³/mol. The number of likely N-dealkylation sites (N-methyl/N-ethyl adjacent to an activating group) is 2. The fraction of sp³-hybridized carbons (Fsp3) is 0.370. The van der Waals surface area contributed by atoms with Crippen molar-refractivity contribution in [1.29, 1.82) is 0 Å². The molecule has 1 aromatic heterocycles. The minimum absolute atomic E-state index is 0.0932. The Morgan fingerprint density at radius 3 is 2.58 bits per heavy atom. The fourth-order valence-corrected chi connectivity index (χ4v) is 4.19. The summed E-state index contributed by atoms with van der Waals surface area (Å²) in [6.45, 7) is 5.65. The SMILES string of the molecule is CNC(=O)COc1cc(-c2cnn(C)c2)cc([C@@H](C)NC(=O)c2cc(N3CC(NC)C3)ccc2C)c1. The van der Waals surface area contributed by atoms with E-state index in [0.717, 1.165) is 41.0 Å². The van der Waals surface area contributed by atoms with Crippen molar-refractivity contribution in [2.24, 2.45) is 7.05 Å². The van der Waals surface area contributed by atoms with Crippen LogP contribution in [0.1, 0.15) is 34.5 Å². The van der Waals surface area contributed by atoms with Gasteiger partial charge in [0.05, 0.1) is 12.2 Å². The minimum Gasteiger partial charge on any atom is -0.484 e. The Bertz CT molecular complexity index is 1250. The smallest absolute Gasteiger partial charge is 0.257 e. The largest absolute Gasteiger partial charge is 0.484 e. The second-order valence-corrected chi connectivity index (χ2v) is 9.24. The number of carbonyl (C=O) groups excluding carboxylic acids is 2. The summed E-state index contributed by atoms with van der Waals surface area (Å²) in [5.74, 6) is 0.196. The van der Waals surface area contributed by atoms with Crippen molar-refractivity contribution in [3.05, 3.63) is 65.5 Å². The minimum atomic E-state index is -0.294. The van der Waals surface area contributed by atoms with Crippen molar-refractivity contribution in [2.45, 2.75) is 25.9 Å². The van der Waals surface area contributed by atoms with E-state index in [0.29, 0.717) is 17.4 Å². The molecule has 0 unspecified atom stereocenters. The number of ether oxygens (including phenoxy) is 1. The fourth-order valence-electron chi connectivity index (χ4n) is 4.19. The summed E-state index contributed by atoms with van der Waals surface area (Å²) in [6.07, 6.45) is 3.68. The Morgan fingerprint density at radius 1 is 1.14 bits per heavy atom. The molecule has 1 aliphatic rings. The van der Waals surface area contributed by atoms with Gasteiger partial charge in [0.2, 0.25) is 0 Å². The molecule has 190 valence electrons. The van der Waals surface area contributed by atoms with Gasteiger partial charge in [0.1, 0.15) is 5.75 Å². The molecule has 3 aromatic rings. The van der Waals surface area contributed by atoms with Crippen LogP contribution in [0.4, 0.5) is 5.69 Å². The van der Waals surface area contributed by atoms with Crippen LogP contribution in [0.5, 0.6) is 5.75 Å². The van der Waals surface area contributed by atoms with Crippen LogP contribution in [0.3, 0.4) is 0 Å². The van der Waals surface area contributed by atoms with Gasteiger partial charge in [-0.3, -0.25) is 14.3 Å². The van der Waals surface area contributed by atoms with Gasteiger partial charge in [0, 0.05) is 56.2 Å². The molecule has 1 atom stereocenters. The number of hydrogen-bond donors (Lipinski definition) is 3. The van der Waals surface area contributed by atoms with Crippen LogP contribution >= 0.6 is 0 Å². The van der Waals surface area contributed by atoms with Gasteiger partial charge >= 0.3 is 0 Å². The van der Waals surface area contributed by atoms with Crippen molar-refractivity contribution in [3.63, 3.8) is 0 Å². The quantitative estimate of drug-likeness (QED) is 0.426. The number of carbonyl (C=O) groups is 2. The van der Waals surface area contributed by atoms with Crippen molar-refractivity contribution in [2.75, 3.05) is 38.7 Å².